The number of amides is 1. The summed E-state index contributed by atoms with van der Waals surface area (Å²) in [7, 11) is 0. The molecular formula is C16H15N3O. The average molecular weight is 265 g/mol. The fourth-order valence-electron chi connectivity index (χ4n) is 2.28. The van der Waals surface area contributed by atoms with Crippen molar-refractivity contribution in [2.45, 2.75) is 13.0 Å². The smallest absolute Gasteiger partial charge is 0.252 e. The molecule has 100 valence electrons. The lowest BCUT2D eigenvalue weighted by Crippen LogP contribution is -2.27. The summed E-state index contributed by atoms with van der Waals surface area (Å²) in [5.41, 5.74) is 0.682. The number of imidazole rings is 1. The Labute approximate surface area is 116 Å². The highest BCUT2D eigenvalue weighted by atomic mass is 16.1. The van der Waals surface area contributed by atoms with Crippen LogP contribution in [0.5, 0.6) is 0 Å². The van der Waals surface area contributed by atoms with Crippen molar-refractivity contribution in [3.63, 3.8) is 0 Å². The van der Waals surface area contributed by atoms with Gasteiger partial charge in [-0.05, 0) is 23.8 Å². The van der Waals surface area contributed by atoms with Crippen molar-refractivity contribution < 1.29 is 4.79 Å². The van der Waals surface area contributed by atoms with Crippen LogP contribution >= 0.6 is 0 Å². The van der Waals surface area contributed by atoms with Crippen molar-refractivity contribution in [1.29, 1.82) is 0 Å². The molecule has 0 aliphatic carbocycles. The Morgan fingerprint density at radius 1 is 1.20 bits per heavy atom. The molecule has 0 saturated heterocycles. The zero-order valence-corrected chi connectivity index (χ0v) is 11.1. The van der Waals surface area contributed by atoms with Gasteiger partial charge in [-0.2, -0.15) is 0 Å². The highest BCUT2D eigenvalue weighted by Gasteiger charge is 2.14. The van der Waals surface area contributed by atoms with E-state index < -0.39 is 0 Å². The lowest BCUT2D eigenvalue weighted by atomic mass is 10.0. The molecule has 3 rings (SSSR count). The highest BCUT2D eigenvalue weighted by molar-refractivity contribution is 6.07. The summed E-state index contributed by atoms with van der Waals surface area (Å²) in [6, 6.07) is 13.5. The molecule has 2 N–H and O–H groups in total. The first-order valence-electron chi connectivity index (χ1n) is 6.53. The van der Waals surface area contributed by atoms with Crippen LogP contribution in [0, 0.1) is 0 Å². The highest BCUT2D eigenvalue weighted by Crippen LogP contribution is 2.19. The number of hydrogen-bond acceptors (Lipinski definition) is 2. The van der Waals surface area contributed by atoms with Crippen molar-refractivity contribution in [3.8, 4) is 0 Å². The van der Waals surface area contributed by atoms with Gasteiger partial charge in [-0.15, -0.1) is 0 Å². The van der Waals surface area contributed by atoms with Gasteiger partial charge < -0.3 is 10.3 Å². The van der Waals surface area contributed by atoms with E-state index in [2.05, 4.69) is 15.3 Å². The molecule has 0 saturated carbocycles. The number of H-pyrrole nitrogens is 1. The summed E-state index contributed by atoms with van der Waals surface area (Å²) >= 11 is 0. The first-order chi connectivity index (χ1) is 9.75. The van der Waals surface area contributed by atoms with Gasteiger partial charge in [-0.3, -0.25) is 4.79 Å². The predicted molar refractivity (Wildman–Crippen MR) is 78.4 cm³/mol. The average Bonchev–Trinajstić information content (AvgIpc) is 3.01. The zero-order valence-electron chi connectivity index (χ0n) is 11.1. The lowest BCUT2D eigenvalue weighted by molar-refractivity contribution is 0.0940. The standard InChI is InChI=1S/C16H15N3O/c1-11(15-17-9-10-18-15)19-16(20)14-8-4-6-12-5-2-3-7-13(12)14/h2-11H,1H3,(H,17,18)(H,19,20). The molecule has 0 aliphatic rings. The number of fused-ring (bicyclic) bond motifs is 1. The van der Waals surface area contributed by atoms with Gasteiger partial charge in [-0.1, -0.05) is 36.4 Å². The summed E-state index contributed by atoms with van der Waals surface area (Å²) in [6.45, 7) is 1.90. The molecule has 0 bridgehead atoms. The van der Waals surface area contributed by atoms with Crippen molar-refractivity contribution in [3.05, 3.63) is 66.2 Å². The van der Waals surface area contributed by atoms with Gasteiger partial charge in [0, 0.05) is 18.0 Å². The number of nitrogens with one attached hydrogen (secondary N) is 2. The maximum absolute atomic E-state index is 12.4. The topological polar surface area (TPSA) is 57.8 Å². The molecule has 3 aromatic rings. The monoisotopic (exact) mass is 265 g/mol. The van der Waals surface area contributed by atoms with Gasteiger partial charge in [0.1, 0.15) is 5.82 Å². The van der Waals surface area contributed by atoms with Crippen LogP contribution in [-0.4, -0.2) is 15.9 Å². The van der Waals surface area contributed by atoms with Crippen molar-refractivity contribution in [2.24, 2.45) is 0 Å². The maximum Gasteiger partial charge on any atom is 0.252 e. The van der Waals surface area contributed by atoms with E-state index in [4.69, 9.17) is 0 Å². The van der Waals surface area contributed by atoms with Crippen molar-refractivity contribution >= 4 is 16.7 Å². The molecule has 0 spiro atoms. The molecule has 1 atom stereocenters. The fourth-order valence-corrected chi connectivity index (χ4v) is 2.28. The minimum Gasteiger partial charge on any atom is -0.347 e. The number of aromatic amines is 1. The first-order valence-corrected chi connectivity index (χ1v) is 6.53. The number of benzene rings is 2. The van der Waals surface area contributed by atoms with E-state index in [-0.39, 0.29) is 11.9 Å². The van der Waals surface area contributed by atoms with E-state index in [1.165, 1.54) is 0 Å². The molecular weight excluding hydrogens is 250 g/mol. The minimum atomic E-state index is -0.156. The molecule has 4 nitrogen and oxygen atoms in total. The summed E-state index contributed by atoms with van der Waals surface area (Å²) in [5.74, 6) is 0.657. The fraction of sp³-hybridized carbons (Fsp3) is 0.125. The van der Waals surface area contributed by atoms with E-state index in [0.717, 1.165) is 16.6 Å². The van der Waals surface area contributed by atoms with Gasteiger partial charge >= 0.3 is 0 Å². The number of hydrogen-bond donors (Lipinski definition) is 2. The van der Waals surface area contributed by atoms with Crippen molar-refractivity contribution in [1.82, 2.24) is 15.3 Å². The van der Waals surface area contributed by atoms with Gasteiger partial charge in [0.05, 0.1) is 6.04 Å². The molecule has 2 aromatic carbocycles. The number of carbonyl (C=O) groups is 1. The minimum absolute atomic E-state index is 0.0919. The largest absolute Gasteiger partial charge is 0.347 e. The van der Waals surface area contributed by atoms with Gasteiger partial charge in [0.25, 0.3) is 5.91 Å². The number of rotatable bonds is 3. The number of carbonyl (C=O) groups excluding carboxylic acids is 1. The van der Waals surface area contributed by atoms with E-state index in [9.17, 15) is 4.79 Å². The molecule has 0 radical (unpaired) electrons. The van der Waals surface area contributed by atoms with Gasteiger partial charge in [0.2, 0.25) is 0 Å². The third-order valence-corrected chi connectivity index (χ3v) is 3.31. The van der Waals surface area contributed by atoms with E-state index >= 15 is 0 Å². The van der Waals surface area contributed by atoms with E-state index in [0.29, 0.717) is 5.56 Å². The Morgan fingerprint density at radius 2 is 2.00 bits per heavy atom. The van der Waals surface area contributed by atoms with Gasteiger partial charge in [-0.25, -0.2) is 4.98 Å². The van der Waals surface area contributed by atoms with Crippen LogP contribution in [-0.2, 0) is 0 Å². The Kier molecular flexibility index (Phi) is 3.21. The Balaban J connectivity index is 1.89. The third kappa shape index (κ3) is 2.28. The predicted octanol–water partition coefficient (Wildman–Crippen LogP) is 3.05. The first kappa shape index (κ1) is 12.4. The summed E-state index contributed by atoms with van der Waals surface area (Å²) in [6.07, 6.45) is 3.42. The van der Waals surface area contributed by atoms with Crippen LogP contribution in [0.25, 0.3) is 10.8 Å². The zero-order chi connectivity index (χ0) is 13.9. The SMILES string of the molecule is CC(NC(=O)c1cccc2ccccc12)c1ncc[nH]1. The second-order valence-corrected chi connectivity index (χ2v) is 4.70. The summed E-state index contributed by atoms with van der Waals surface area (Å²) in [4.78, 5) is 19.6. The van der Waals surface area contributed by atoms with Crippen LogP contribution in [0.4, 0.5) is 0 Å². The van der Waals surface area contributed by atoms with Crippen LogP contribution in [0.3, 0.4) is 0 Å². The van der Waals surface area contributed by atoms with Crippen LogP contribution < -0.4 is 5.32 Å². The Hall–Kier alpha value is -2.62. The van der Waals surface area contributed by atoms with Crippen LogP contribution in [0.2, 0.25) is 0 Å². The second kappa shape index (κ2) is 5.17. The molecule has 1 unspecified atom stereocenters. The molecule has 0 aliphatic heterocycles. The maximum atomic E-state index is 12.4. The Morgan fingerprint density at radius 3 is 2.80 bits per heavy atom. The molecule has 1 aromatic heterocycles. The lowest BCUT2D eigenvalue weighted by Gasteiger charge is -2.12. The normalized spacial score (nSPS) is 12.2. The van der Waals surface area contributed by atoms with Crippen molar-refractivity contribution in [2.75, 3.05) is 0 Å². The number of aromatic nitrogens is 2. The molecule has 1 amide bonds. The molecule has 0 fully saturated rings. The van der Waals surface area contributed by atoms with Crippen LogP contribution in [0.15, 0.2) is 54.9 Å². The van der Waals surface area contributed by atoms with Gasteiger partial charge in [0.15, 0.2) is 0 Å². The van der Waals surface area contributed by atoms with E-state index in [1.807, 2.05) is 49.4 Å². The second-order valence-electron chi connectivity index (χ2n) is 4.70. The Bertz CT molecular complexity index is 729. The quantitative estimate of drug-likeness (QED) is 0.764. The summed E-state index contributed by atoms with van der Waals surface area (Å²) < 4.78 is 0. The summed E-state index contributed by atoms with van der Waals surface area (Å²) in [5, 5.41) is 4.98. The molecule has 20 heavy (non-hydrogen) atoms. The molecule has 4 heteroatoms. The number of nitrogens with zero attached hydrogens (tertiary/aromatic N) is 1. The third-order valence-electron chi connectivity index (χ3n) is 3.31. The van der Waals surface area contributed by atoms with Crippen LogP contribution in [0.1, 0.15) is 29.1 Å². The van der Waals surface area contributed by atoms with E-state index in [1.54, 1.807) is 12.4 Å². The molecule has 1 heterocycles.